The van der Waals surface area contributed by atoms with Crippen molar-refractivity contribution in [1.82, 2.24) is 0 Å². The molecular weight excluding hydrogens is 376 g/mol. The minimum atomic E-state index is -4.07. The van der Waals surface area contributed by atoms with Crippen LogP contribution < -0.4 is 14.6 Å². The molecule has 0 spiro atoms. The largest absolute Gasteiger partial charge is 0.495 e. The zero-order valence-electron chi connectivity index (χ0n) is 14.8. The van der Waals surface area contributed by atoms with Crippen LogP contribution in [0, 0.1) is 0 Å². The number of hydrogen-bond acceptors (Lipinski definition) is 5. The fourth-order valence-corrected chi connectivity index (χ4v) is 4.16. The summed E-state index contributed by atoms with van der Waals surface area (Å²) in [5.74, 6) is 0.368. The molecule has 7 nitrogen and oxygen atoms in total. The van der Waals surface area contributed by atoms with Crippen molar-refractivity contribution in [2.75, 3.05) is 11.8 Å². The Morgan fingerprint density at radius 1 is 1.08 bits per heavy atom. The van der Waals surface area contributed by atoms with E-state index in [1.54, 1.807) is 12.1 Å². The lowest BCUT2D eigenvalue weighted by Crippen LogP contribution is -2.16. The van der Waals surface area contributed by atoms with Gasteiger partial charge in [-0.25, -0.2) is 22.0 Å². The van der Waals surface area contributed by atoms with E-state index in [0.29, 0.717) is 5.92 Å². The normalized spacial score (nSPS) is 13.2. The minimum Gasteiger partial charge on any atom is -0.495 e. The number of rotatable bonds is 7. The van der Waals surface area contributed by atoms with E-state index in [4.69, 9.17) is 9.88 Å². The molecule has 1 atom stereocenters. The maximum absolute atomic E-state index is 12.5. The molecule has 2 rings (SSSR count). The van der Waals surface area contributed by atoms with Gasteiger partial charge in [-0.05, 0) is 48.2 Å². The Kier molecular flexibility index (Phi) is 5.94. The lowest BCUT2D eigenvalue weighted by molar-refractivity contribution is 0.403. The number of hydrogen-bond donors (Lipinski definition) is 2. The third kappa shape index (κ3) is 4.54. The summed E-state index contributed by atoms with van der Waals surface area (Å²) in [5, 5.41) is 5.15. The fraction of sp³-hybridized carbons (Fsp3) is 0.294. The first-order valence-electron chi connectivity index (χ1n) is 7.92. The third-order valence-corrected chi connectivity index (χ3v) is 6.42. The summed E-state index contributed by atoms with van der Waals surface area (Å²) < 4.78 is 55.7. The van der Waals surface area contributed by atoms with Crippen molar-refractivity contribution in [2.24, 2.45) is 5.14 Å². The van der Waals surface area contributed by atoms with Gasteiger partial charge in [0, 0.05) is 0 Å². The predicted molar refractivity (Wildman–Crippen MR) is 100 cm³/mol. The van der Waals surface area contributed by atoms with E-state index < -0.39 is 20.0 Å². The SMILES string of the molecule is CC[C@@H](C)c1ccc(S(=O)(=O)Nc2ccc(OC)c(S(N)(=O)=O)c2)cc1. The summed E-state index contributed by atoms with van der Waals surface area (Å²) in [6.45, 7) is 4.12. The van der Waals surface area contributed by atoms with E-state index in [1.807, 2.05) is 0 Å². The molecule has 0 amide bonds. The number of nitrogens with one attached hydrogen (secondary N) is 1. The van der Waals surface area contributed by atoms with E-state index >= 15 is 0 Å². The molecule has 0 aliphatic carbocycles. The molecule has 142 valence electrons. The zero-order valence-corrected chi connectivity index (χ0v) is 16.4. The van der Waals surface area contributed by atoms with Crippen molar-refractivity contribution < 1.29 is 21.6 Å². The third-order valence-electron chi connectivity index (χ3n) is 4.09. The van der Waals surface area contributed by atoms with Gasteiger partial charge in [-0.2, -0.15) is 0 Å². The lowest BCUT2D eigenvalue weighted by Gasteiger charge is -2.13. The number of benzene rings is 2. The Hall–Kier alpha value is -2.10. The van der Waals surface area contributed by atoms with Gasteiger partial charge >= 0.3 is 0 Å². The van der Waals surface area contributed by atoms with Crippen molar-refractivity contribution in [3.63, 3.8) is 0 Å². The Morgan fingerprint density at radius 3 is 2.19 bits per heavy atom. The highest BCUT2D eigenvalue weighted by molar-refractivity contribution is 7.92. The first-order chi connectivity index (χ1) is 12.1. The molecule has 0 aromatic heterocycles. The molecule has 0 bridgehead atoms. The number of sulfonamides is 2. The summed E-state index contributed by atoms with van der Waals surface area (Å²) in [6, 6.07) is 10.4. The number of nitrogens with two attached hydrogens (primary N) is 1. The summed E-state index contributed by atoms with van der Waals surface area (Å²) in [5.41, 5.74) is 1.12. The van der Waals surface area contributed by atoms with Crippen LogP contribution in [0.25, 0.3) is 0 Å². The smallest absolute Gasteiger partial charge is 0.261 e. The average Bonchev–Trinajstić information content (AvgIpc) is 2.60. The summed E-state index contributed by atoms with van der Waals surface area (Å²) in [7, 11) is -6.64. The van der Waals surface area contributed by atoms with Gasteiger partial charge in [0.2, 0.25) is 10.0 Å². The van der Waals surface area contributed by atoms with E-state index in [-0.39, 0.29) is 21.2 Å². The highest BCUT2D eigenvalue weighted by Gasteiger charge is 2.19. The summed E-state index contributed by atoms with van der Waals surface area (Å²) >= 11 is 0. The number of primary sulfonamides is 1. The van der Waals surface area contributed by atoms with Gasteiger partial charge in [0.05, 0.1) is 17.7 Å². The molecule has 0 saturated heterocycles. The van der Waals surface area contributed by atoms with E-state index in [1.165, 1.54) is 31.4 Å². The van der Waals surface area contributed by atoms with Crippen LogP contribution >= 0.6 is 0 Å². The Bertz CT molecular complexity index is 984. The van der Waals surface area contributed by atoms with Gasteiger partial charge in [0.15, 0.2) is 0 Å². The minimum absolute atomic E-state index is 0.0355. The number of methoxy groups -OCH3 is 1. The van der Waals surface area contributed by atoms with E-state index in [9.17, 15) is 16.8 Å². The van der Waals surface area contributed by atoms with Crippen LogP contribution in [0.2, 0.25) is 0 Å². The second-order valence-corrected chi connectivity index (χ2v) is 9.11. The molecule has 0 unspecified atom stereocenters. The van der Waals surface area contributed by atoms with Gasteiger partial charge in [0.25, 0.3) is 10.0 Å². The average molecular weight is 399 g/mol. The molecule has 0 radical (unpaired) electrons. The highest BCUT2D eigenvalue weighted by Crippen LogP contribution is 2.28. The molecule has 0 saturated carbocycles. The summed E-state index contributed by atoms with van der Waals surface area (Å²) in [4.78, 5) is -0.218. The molecule has 0 aliphatic rings. The Morgan fingerprint density at radius 2 is 1.69 bits per heavy atom. The van der Waals surface area contributed by atoms with Crippen LogP contribution in [0.5, 0.6) is 5.75 Å². The number of ether oxygens (including phenoxy) is 1. The Balaban J connectivity index is 2.35. The first kappa shape index (κ1) is 20.2. The molecule has 2 aromatic rings. The second-order valence-electron chi connectivity index (χ2n) is 5.89. The van der Waals surface area contributed by atoms with Crippen LogP contribution in [-0.2, 0) is 20.0 Å². The quantitative estimate of drug-likeness (QED) is 0.744. The van der Waals surface area contributed by atoms with Crippen LogP contribution in [-0.4, -0.2) is 23.9 Å². The summed E-state index contributed by atoms with van der Waals surface area (Å²) in [6.07, 6.45) is 0.951. The molecule has 0 aliphatic heterocycles. The monoisotopic (exact) mass is 398 g/mol. The van der Waals surface area contributed by atoms with Gasteiger partial charge in [-0.1, -0.05) is 26.0 Å². The van der Waals surface area contributed by atoms with Crippen LogP contribution in [0.1, 0.15) is 31.7 Å². The van der Waals surface area contributed by atoms with Crippen molar-refractivity contribution >= 4 is 25.7 Å². The van der Waals surface area contributed by atoms with Gasteiger partial charge in [-0.3, -0.25) is 4.72 Å². The fourth-order valence-electron chi connectivity index (χ4n) is 2.39. The molecular formula is C17H22N2O5S2. The lowest BCUT2D eigenvalue weighted by atomic mass is 9.99. The molecule has 0 fully saturated rings. The predicted octanol–water partition coefficient (Wildman–Crippen LogP) is 2.66. The van der Waals surface area contributed by atoms with Crippen LogP contribution in [0.4, 0.5) is 5.69 Å². The van der Waals surface area contributed by atoms with Crippen molar-refractivity contribution in [2.45, 2.75) is 36.0 Å². The van der Waals surface area contributed by atoms with E-state index in [0.717, 1.165) is 18.1 Å². The molecule has 9 heteroatoms. The van der Waals surface area contributed by atoms with Gasteiger partial charge in [-0.15, -0.1) is 0 Å². The maximum atomic E-state index is 12.5. The zero-order chi connectivity index (χ0) is 19.5. The van der Waals surface area contributed by atoms with Crippen molar-refractivity contribution in [3.05, 3.63) is 48.0 Å². The van der Waals surface area contributed by atoms with Gasteiger partial charge < -0.3 is 4.74 Å². The second kappa shape index (κ2) is 7.65. The number of anilines is 1. The molecule has 0 heterocycles. The van der Waals surface area contributed by atoms with Crippen LogP contribution in [0.3, 0.4) is 0 Å². The van der Waals surface area contributed by atoms with Crippen molar-refractivity contribution in [3.8, 4) is 5.75 Å². The standard InChI is InChI=1S/C17H22N2O5S2/c1-4-12(2)13-5-8-15(9-6-13)26(22,23)19-14-7-10-16(24-3)17(11-14)25(18,20)21/h5-12,19H,4H2,1-3H3,(H2,18,20,21)/t12-/m1/s1. The van der Waals surface area contributed by atoms with Crippen LogP contribution in [0.15, 0.2) is 52.3 Å². The van der Waals surface area contributed by atoms with Crippen molar-refractivity contribution in [1.29, 1.82) is 0 Å². The van der Waals surface area contributed by atoms with E-state index in [2.05, 4.69) is 18.6 Å². The molecule has 3 N–H and O–H groups in total. The molecule has 26 heavy (non-hydrogen) atoms. The topological polar surface area (TPSA) is 116 Å². The van der Waals surface area contributed by atoms with Gasteiger partial charge in [0.1, 0.15) is 10.6 Å². The molecule has 2 aromatic carbocycles. The maximum Gasteiger partial charge on any atom is 0.261 e. The first-order valence-corrected chi connectivity index (χ1v) is 10.9. The Labute approximate surface area is 154 Å². The highest BCUT2D eigenvalue weighted by atomic mass is 32.2.